The number of hydrogen-bond acceptors (Lipinski definition) is 4. The van der Waals surface area contributed by atoms with Gasteiger partial charge < -0.3 is 19.7 Å². The van der Waals surface area contributed by atoms with E-state index in [1.54, 1.807) is 11.3 Å². The zero-order chi connectivity index (χ0) is 22.1. The van der Waals surface area contributed by atoms with Crippen molar-refractivity contribution in [3.05, 3.63) is 23.2 Å². The Bertz CT molecular complexity index is 968. The molecule has 0 aromatic carbocycles. The summed E-state index contributed by atoms with van der Waals surface area (Å²) >= 11 is 1.66. The average molecular weight is 457 g/mol. The van der Waals surface area contributed by atoms with Crippen LogP contribution < -0.4 is 5.32 Å². The minimum absolute atomic E-state index is 0.00392. The van der Waals surface area contributed by atoms with Crippen molar-refractivity contribution in [1.29, 1.82) is 0 Å². The topological polar surface area (TPSA) is 57.6 Å². The molecule has 6 nitrogen and oxygen atoms in total. The molecule has 2 aliphatic heterocycles. The molecule has 1 N–H and O–H groups in total. The molecule has 2 aromatic rings. The first-order chi connectivity index (χ1) is 15.6. The summed E-state index contributed by atoms with van der Waals surface area (Å²) in [4.78, 5) is 31.8. The van der Waals surface area contributed by atoms with Gasteiger partial charge in [0.2, 0.25) is 5.91 Å². The molecule has 5 rings (SSSR count). The van der Waals surface area contributed by atoms with Gasteiger partial charge in [0.1, 0.15) is 11.2 Å². The average Bonchev–Trinajstić information content (AvgIpc) is 3.28. The molecule has 0 spiro atoms. The van der Waals surface area contributed by atoms with E-state index in [0.717, 1.165) is 48.4 Å². The smallest absolute Gasteiger partial charge is 0.271 e. The summed E-state index contributed by atoms with van der Waals surface area (Å²) in [5.74, 6) is 0.00659. The number of rotatable bonds is 5. The van der Waals surface area contributed by atoms with Crippen LogP contribution in [0.2, 0.25) is 0 Å². The Hall–Kier alpha value is -1.86. The van der Waals surface area contributed by atoms with E-state index in [0.29, 0.717) is 13.1 Å². The fraction of sp³-hybridized carbons (Fsp3) is 0.680. The number of nitrogens with zero attached hydrogens (tertiary/aromatic N) is 3. The van der Waals surface area contributed by atoms with Gasteiger partial charge in [-0.15, -0.1) is 11.3 Å². The monoisotopic (exact) mass is 456 g/mol. The number of fused-ring (bicyclic) bond motifs is 3. The molecule has 1 saturated carbocycles. The summed E-state index contributed by atoms with van der Waals surface area (Å²) in [5, 5.41) is 5.40. The van der Waals surface area contributed by atoms with E-state index in [1.807, 2.05) is 17.9 Å². The quantitative estimate of drug-likeness (QED) is 0.732. The number of thiophene rings is 1. The number of amides is 2. The number of carbonyl (C=O) groups excluding carboxylic acids is 2. The van der Waals surface area contributed by atoms with Crippen molar-refractivity contribution in [2.75, 3.05) is 26.2 Å². The molecule has 174 valence electrons. The summed E-state index contributed by atoms with van der Waals surface area (Å²) in [6, 6.07) is 4.33. The van der Waals surface area contributed by atoms with Gasteiger partial charge in [-0.2, -0.15) is 0 Å². The van der Waals surface area contributed by atoms with Gasteiger partial charge in [0.25, 0.3) is 5.91 Å². The van der Waals surface area contributed by atoms with Gasteiger partial charge in [-0.3, -0.25) is 9.59 Å². The Morgan fingerprint density at radius 3 is 2.56 bits per heavy atom. The van der Waals surface area contributed by atoms with Gasteiger partial charge in [-0.05, 0) is 63.2 Å². The zero-order valence-corrected chi connectivity index (χ0v) is 20.1. The van der Waals surface area contributed by atoms with Gasteiger partial charge in [-0.1, -0.05) is 32.1 Å². The second-order valence-corrected chi connectivity index (χ2v) is 11.0. The fourth-order valence-corrected chi connectivity index (χ4v) is 6.63. The van der Waals surface area contributed by atoms with Crippen LogP contribution in [0.5, 0.6) is 0 Å². The van der Waals surface area contributed by atoms with Gasteiger partial charge in [-0.25, -0.2) is 0 Å². The van der Waals surface area contributed by atoms with Crippen molar-refractivity contribution in [3.63, 3.8) is 0 Å². The lowest BCUT2D eigenvalue weighted by Gasteiger charge is -2.45. The van der Waals surface area contributed by atoms with Crippen molar-refractivity contribution in [2.24, 2.45) is 0 Å². The van der Waals surface area contributed by atoms with Crippen LogP contribution in [-0.4, -0.2) is 63.9 Å². The van der Waals surface area contributed by atoms with Crippen LogP contribution in [0.1, 0.15) is 75.2 Å². The summed E-state index contributed by atoms with van der Waals surface area (Å²) in [6.07, 6.45) is 10.8. The minimum atomic E-state index is -0.874. The molecular formula is C25H36N4O2S. The second-order valence-electron chi connectivity index (χ2n) is 10.1. The predicted molar refractivity (Wildman–Crippen MR) is 129 cm³/mol. The molecule has 2 aromatic heterocycles. The number of likely N-dealkylation sites (tertiary alicyclic amines) is 1. The van der Waals surface area contributed by atoms with Crippen LogP contribution in [0.4, 0.5) is 0 Å². The maximum atomic E-state index is 13.7. The number of aromatic nitrogens is 1. The first-order valence-corrected chi connectivity index (χ1v) is 13.4. The van der Waals surface area contributed by atoms with E-state index in [1.165, 1.54) is 44.9 Å². The second kappa shape index (κ2) is 9.18. The lowest BCUT2D eigenvalue weighted by Crippen LogP contribution is -2.65. The van der Waals surface area contributed by atoms with Crippen LogP contribution in [-0.2, 0) is 11.3 Å². The van der Waals surface area contributed by atoms with Crippen molar-refractivity contribution >= 4 is 33.4 Å². The standard InChI is InChI=1S/C25H36N4O2S/c1-25(24(31)26-19-9-5-4-6-10-19)18-28-20-11-16-32-22(20)17-21(28)23(30)29(25)15-14-27-12-7-2-3-8-13-27/h11,16-17,19H,2-10,12-15,18H2,1H3,(H,26,31). The summed E-state index contributed by atoms with van der Waals surface area (Å²) in [7, 11) is 0. The lowest BCUT2D eigenvalue weighted by atomic mass is 9.91. The van der Waals surface area contributed by atoms with Crippen LogP contribution in [0, 0.1) is 0 Å². The van der Waals surface area contributed by atoms with Gasteiger partial charge in [0, 0.05) is 19.1 Å². The van der Waals surface area contributed by atoms with E-state index >= 15 is 0 Å². The van der Waals surface area contributed by atoms with Crippen LogP contribution >= 0.6 is 11.3 Å². The van der Waals surface area contributed by atoms with Crippen LogP contribution in [0.15, 0.2) is 17.5 Å². The van der Waals surface area contributed by atoms with Crippen molar-refractivity contribution in [2.45, 2.75) is 82.8 Å². The largest absolute Gasteiger partial charge is 0.351 e. The van der Waals surface area contributed by atoms with Crippen molar-refractivity contribution < 1.29 is 9.59 Å². The Kier molecular flexibility index (Phi) is 6.30. The lowest BCUT2D eigenvalue weighted by molar-refractivity contribution is -0.133. The van der Waals surface area contributed by atoms with Gasteiger partial charge >= 0.3 is 0 Å². The molecule has 1 atom stereocenters. The Labute approximate surface area is 194 Å². The fourth-order valence-electron chi connectivity index (χ4n) is 5.81. The molecular weight excluding hydrogens is 420 g/mol. The van der Waals surface area contributed by atoms with Crippen LogP contribution in [0.3, 0.4) is 0 Å². The summed E-state index contributed by atoms with van der Waals surface area (Å²) in [6.45, 7) is 6.14. The molecule has 0 radical (unpaired) electrons. The third-order valence-electron chi connectivity index (χ3n) is 7.82. The summed E-state index contributed by atoms with van der Waals surface area (Å²) in [5.41, 5.74) is 0.925. The molecule has 4 heterocycles. The molecule has 1 aliphatic carbocycles. The van der Waals surface area contributed by atoms with Crippen molar-refractivity contribution in [3.8, 4) is 0 Å². The molecule has 2 amide bonds. The normalized spacial score (nSPS) is 25.7. The molecule has 7 heteroatoms. The van der Waals surface area contributed by atoms with E-state index < -0.39 is 5.54 Å². The van der Waals surface area contributed by atoms with Gasteiger partial charge in [0.05, 0.1) is 16.8 Å². The highest BCUT2D eigenvalue weighted by atomic mass is 32.1. The number of nitrogens with one attached hydrogen (secondary N) is 1. The van der Waals surface area contributed by atoms with E-state index in [9.17, 15) is 9.59 Å². The third kappa shape index (κ3) is 4.10. The highest BCUT2D eigenvalue weighted by Gasteiger charge is 2.48. The minimum Gasteiger partial charge on any atom is -0.351 e. The van der Waals surface area contributed by atoms with Gasteiger partial charge in [0.15, 0.2) is 0 Å². The number of carbonyl (C=O) groups is 2. The molecule has 1 unspecified atom stereocenters. The zero-order valence-electron chi connectivity index (χ0n) is 19.3. The third-order valence-corrected chi connectivity index (χ3v) is 8.67. The predicted octanol–water partition coefficient (Wildman–Crippen LogP) is 4.24. The van der Waals surface area contributed by atoms with Crippen LogP contribution in [0.25, 0.3) is 10.2 Å². The Balaban J connectivity index is 1.42. The highest BCUT2D eigenvalue weighted by molar-refractivity contribution is 7.17. The SMILES string of the molecule is CC1(C(=O)NC2CCCCC2)Cn2c(cc3sccc32)C(=O)N1CCN1CCCCCC1. The number of hydrogen-bond donors (Lipinski definition) is 1. The first kappa shape index (κ1) is 22.0. The summed E-state index contributed by atoms with van der Waals surface area (Å²) < 4.78 is 3.20. The molecule has 2 fully saturated rings. The van der Waals surface area contributed by atoms with E-state index in [2.05, 4.69) is 26.2 Å². The molecule has 3 aliphatic rings. The van der Waals surface area contributed by atoms with Crippen molar-refractivity contribution in [1.82, 2.24) is 19.7 Å². The van der Waals surface area contributed by atoms with E-state index in [-0.39, 0.29) is 17.9 Å². The molecule has 1 saturated heterocycles. The first-order valence-electron chi connectivity index (χ1n) is 12.5. The maximum absolute atomic E-state index is 13.7. The van der Waals surface area contributed by atoms with E-state index in [4.69, 9.17) is 0 Å². The molecule has 32 heavy (non-hydrogen) atoms. The Morgan fingerprint density at radius 2 is 1.81 bits per heavy atom. The Morgan fingerprint density at radius 1 is 1.09 bits per heavy atom. The highest BCUT2D eigenvalue weighted by Crippen LogP contribution is 2.34. The molecule has 0 bridgehead atoms. The maximum Gasteiger partial charge on any atom is 0.271 e.